The molecule has 0 unspecified atom stereocenters. The van der Waals surface area contributed by atoms with Crippen molar-refractivity contribution in [2.45, 2.75) is 39.5 Å². The zero-order chi connectivity index (χ0) is 27.5. The molecule has 0 fully saturated rings. The molecule has 0 aliphatic rings. The molecular weight excluding hydrogens is 470 g/mol. The Morgan fingerprint density at radius 1 is 1.08 bits per heavy atom. The zero-order valence-electron chi connectivity index (χ0n) is 22.7. The van der Waals surface area contributed by atoms with Crippen LogP contribution in [0.3, 0.4) is 0 Å². The Bertz CT molecular complexity index is 1130. The van der Waals surface area contributed by atoms with E-state index in [9.17, 15) is 14.4 Å². The minimum atomic E-state index is -0.642. The standard InChI is InChI=1S/C27H39N7O3/c1-7-21-22(8-2)32-27(25(31-21)26(28)37)30-20-12-9-11-19(15-20)18(3)16-29-23(35)17-34(6)24(36)13-10-14-33(4)5/h9-13,15,18H,7-8,14,16-17H2,1-6H3,(H2,28,37)(H,29,35)(H,30,32)/b13-10+/t18-/m0/s1. The number of nitrogens with zero attached hydrogens (tertiary/aromatic N) is 4. The average Bonchev–Trinajstić information content (AvgIpc) is 2.86. The van der Waals surface area contributed by atoms with Crippen LogP contribution in [-0.4, -0.2) is 78.3 Å². The molecule has 1 aromatic heterocycles. The molecule has 0 spiro atoms. The molecule has 0 saturated heterocycles. The Hall–Kier alpha value is -3.79. The Morgan fingerprint density at radius 2 is 1.76 bits per heavy atom. The highest BCUT2D eigenvalue weighted by Crippen LogP contribution is 2.24. The Kier molecular flexibility index (Phi) is 11.2. The van der Waals surface area contributed by atoms with Crippen LogP contribution in [0, 0.1) is 0 Å². The van der Waals surface area contributed by atoms with Gasteiger partial charge in [0.05, 0.1) is 17.9 Å². The number of carbonyl (C=O) groups is 3. The molecule has 0 aliphatic heterocycles. The summed E-state index contributed by atoms with van der Waals surface area (Å²) in [4.78, 5) is 48.9. The van der Waals surface area contributed by atoms with Gasteiger partial charge in [-0.05, 0) is 50.6 Å². The van der Waals surface area contributed by atoms with Crippen LogP contribution in [0.15, 0.2) is 36.4 Å². The van der Waals surface area contributed by atoms with E-state index in [1.54, 1.807) is 13.1 Å². The number of benzene rings is 1. The summed E-state index contributed by atoms with van der Waals surface area (Å²) in [6.45, 7) is 6.97. The Labute approximate surface area is 219 Å². The molecule has 37 heavy (non-hydrogen) atoms. The van der Waals surface area contributed by atoms with Gasteiger partial charge in [0.2, 0.25) is 11.8 Å². The summed E-state index contributed by atoms with van der Waals surface area (Å²) in [5.41, 5.74) is 8.96. The molecular formula is C27H39N7O3. The first kappa shape index (κ1) is 29.4. The Morgan fingerprint density at radius 3 is 2.38 bits per heavy atom. The van der Waals surface area contributed by atoms with E-state index < -0.39 is 5.91 Å². The summed E-state index contributed by atoms with van der Waals surface area (Å²) in [7, 11) is 5.43. The highest BCUT2D eigenvalue weighted by atomic mass is 16.2. The van der Waals surface area contributed by atoms with E-state index in [-0.39, 0.29) is 30.0 Å². The molecule has 1 atom stereocenters. The SMILES string of the molecule is CCc1nc(Nc2cccc([C@@H](C)CNC(=O)CN(C)C(=O)/C=C/CN(C)C)c2)c(C(N)=O)nc1CC. The first-order valence-electron chi connectivity index (χ1n) is 12.4. The molecule has 0 bridgehead atoms. The third-order valence-electron chi connectivity index (χ3n) is 5.77. The largest absolute Gasteiger partial charge is 0.364 e. The third kappa shape index (κ3) is 8.98. The van der Waals surface area contributed by atoms with Crippen LogP contribution in [0.25, 0.3) is 0 Å². The summed E-state index contributed by atoms with van der Waals surface area (Å²) in [6.07, 6.45) is 4.58. The molecule has 0 aliphatic carbocycles. The number of anilines is 2. The van der Waals surface area contributed by atoms with E-state index in [4.69, 9.17) is 5.73 Å². The van der Waals surface area contributed by atoms with Crippen LogP contribution in [0.2, 0.25) is 0 Å². The van der Waals surface area contributed by atoms with Crippen LogP contribution in [0.1, 0.15) is 54.1 Å². The van der Waals surface area contributed by atoms with E-state index in [1.807, 2.05) is 64.0 Å². The topological polar surface area (TPSA) is 134 Å². The van der Waals surface area contributed by atoms with Crippen molar-refractivity contribution in [2.75, 3.05) is 46.1 Å². The zero-order valence-corrected chi connectivity index (χ0v) is 22.7. The van der Waals surface area contributed by atoms with E-state index in [2.05, 4.69) is 20.6 Å². The van der Waals surface area contributed by atoms with Gasteiger partial charge < -0.3 is 26.2 Å². The van der Waals surface area contributed by atoms with Crippen molar-refractivity contribution < 1.29 is 14.4 Å². The van der Waals surface area contributed by atoms with Crippen molar-refractivity contribution >= 4 is 29.2 Å². The molecule has 0 radical (unpaired) electrons. The molecule has 200 valence electrons. The average molecular weight is 510 g/mol. The predicted octanol–water partition coefficient (Wildman–Crippen LogP) is 2.24. The first-order chi connectivity index (χ1) is 17.5. The van der Waals surface area contributed by atoms with E-state index in [0.717, 1.165) is 22.6 Å². The van der Waals surface area contributed by atoms with Crippen molar-refractivity contribution in [2.24, 2.45) is 5.73 Å². The number of primary amides is 1. The normalized spacial score (nSPS) is 12.0. The van der Waals surface area contributed by atoms with E-state index >= 15 is 0 Å². The second-order valence-electron chi connectivity index (χ2n) is 9.20. The molecule has 4 N–H and O–H groups in total. The summed E-state index contributed by atoms with van der Waals surface area (Å²) in [5.74, 6) is -0.770. The van der Waals surface area contributed by atoms with Crippen molar-refractivity contribution in [1.82, 2.24) is 25.1 Å². The van der Waals surface area contributed by atoms with Crippen LogP contribution >= 0.6 is 0 Å². The maximum Gasteiger partial charge on any atom is 0.271 e. The third-order valence-corrected chi connectivity index (χ3v) is 5.77. The van der Waals surface area contributed by atoms with Gasteiger partial charge in [0.1, 0.15) is 0 Å². The van der Waals surface area contributed by atoms with Crippen LogP contribution in [0.5, 0.6) is 0 Å². The van der Waals surface area contributed by atoms with Crippen molar-refractivity contribution in [3.63, 3.8) is 0 Å². The van der Waals surface area contributed by atoms with Gasteiger partial charge in [0.15, 0.2) is 11.5 Å². The lowest BCUT2D eigenvalue weighted by Crippen LogP contribution is -2.39. The number of aromatic nitrogens is 2. The predicted molar refractivity (Wildman–Crippen MR) is 146 cm³/mol. The maximum atomic E-state index is 12.4. The second-order valence-corrected chi connectivity index (χ2v) is 9.20. The summed E-state index contributed by atoms with van der Waals surface area (Å²) < 4.78 is 0. The minimum Gasteiger partial charge on any atom is -0.364 e. The number of carbonyl (C=O) groups excluding carboxylic acids is 3. The lowest BCUT2D eigenvalue weighted by atomic mass is 10.0. The summed E-state index contributed by atoms with van der Waals surface area (Å²) in [6, 6.07) is 7.66. The lowest BCUT2D eigenvalue weighted by Gasteiger charge is -2.18. The number of hydrogen-bond acceptors (Lipinski definition) is 7. The molecule has 10 heteroatoms. The Balaban J connectivity index is 2.03. The fraction of sp³-hybridized carbons (Fsp3) is 0.444. The quantitative estimate of drug-likeness (QED) is 0.353. The fourth-order valence-electron chi connectivity index (χ4n) is 3.62. The molecule has 1 aromatic carbocycles. The highest BCUT2D eigenvalue weighted by molar-refractivity contribution is 5.96. The summed E-state index contributed by atoms with van der Waals surface area (Å²) >= 11 is 0. The smallest absolute Gasteiger partial charge is 0.271 e. The molecule has 1 heterocycles. The molecule has 2 rings (SSSR count). The highest BCUT2D eigenvalue weighted by Gasteiger charge is 2.17. The second kappa shape index (κ2) is 14.1. The minimum absolute atomic E-state index is 0.00191. The molecule has 2 aromatic rings. The first-order valence-corrected chi connectivity index (χ1v) is 12.4. The molecule has 10 nitrogen and oxygen atoms in total. The summed E-state index contributed by atoms with van der Waals surface area (Å²) in [5, 5.41) is 6.08. The number of nitrogens with one attached hydrogen (secondary N) is 2. The lowest BCUT2D eigenvalue weighted by molar-refractivity contribution is -0.131. The van der Waals surface area contributed by atoms with Gasteiger partial charge in [-0.1, -0.05) is 39.0 Å². The van der Waals surface area contributed by atoms with E-state index in [1.165, 1.54) is 11.0 Å². The number of aryl methyl sites for hydroxylation is 2. The van der Waals surface area contributed by atoms with Crippen LogP contribution < -0.4 is 16.4 Å². The van der Waals surface area contributed by atoms with Gasteiger partial charge in [-0.15, -0.1) is 0 Å². The number of nitrogens with two attached hydrogens (primary N) is 1. The molecule has 0 saturated carbocycles. The van der Waals surface area contributed by atoms with Gasteiger partial charge in [-0.2, -0.15) is 0 Å². The molecule has 3 amide bonds. The monoisotopic (exact) mass is 509 g/mol. The van der Waals surface area contributed by atoms with Crippen molar-refractivity contribution in [1.29, 1.82) is 0 Å². The van der Waals surface area contributed by atoms with Gasteiger partial charge in [0.25, 0.3) is 5.91 Å². The van der Waals surface area contributed by atoms with Crippen molar-refractivity contribution in [3.05, 3.63) is 59.1 Å². The number of rotatable bonds is 13. The fourth-order valence-corrected chi connectivity index (χ4v) is 3.62. The van der Waals surface area contributed by atoms with Crippen molar-refractivity contribution in [3.8, 4) is 0 Å². The van der Waals surface area contributed by atoms with Gasteiger partial charge in [-0.3, -0.25) is 14.4 Å². The van der Waals surface area contributed by atoms with E-state index in [0.29, 0.717) is 31.7 Å². The number of hydrogen-bond donors (Lipinski definition) is 3. The van der Waals surface area contributed by atoms with Gasteiger partial charge in [-0.25, -0.2) is 9.97 Å². The van der Waals surface area contributed by atoms with Crippen LogP contribution in [0.4, 0.5) is 11.5 Å². The maximum absolute atomic E-state index is 12.4. The van der Waals surface area contributed by atoms with Gasteiger partial charge in [0, 0.05) is 31.9 Å². The number of amides is 3. The van der Waals surface area contributed by atoms with Gasteiger partial charge >= 0.3 is 0 Å². The number of likely N-dealkylation sites (N-methyl/N-ethyl adjacent to an activating group) is 2. The van der Waals surface area contributed by atoms with Crippen LogP contribution in [-0.2, 0) is 22.4 Å².